The van der Waals surface area contributed by atoms with Crippen LogP contribution in [0.15, 0.2) is 24.5 Å². The van der Waals surface area contributed by atoms with E-state index in [0.29, 0.717) is 25.1 Å². The third-order valence-corrected chi connectivity index (χ3v) is 8.66. The van der Waals surface area contributed by atoms with Crippen molar-refractivity contribution in [3.05, 3.63) is 30.1 Å². The highest BCUT2D eigenvalue weighted by Gasteiger charge is 2.36. The lowest BCUT2D eigenvalue weighted by Gasteiger charge is -2.24. The average Bonchev–Trinajstić information content (AvgIpc) is 3.33. The lowest BCUT2D eigenvalue weighted by molar-refractivity contribution is -0.696. The highest BCUT2D eigenvalue weighted by molar-refractivity contribution is 6.01. The molecule has 1 aromatic rings. The smallest absolute Gasteiger partial charge is 0.407 e. The molecule has 268 valence electrons. The molecule has 0 spiro atoms. The molecule has 2 atom stereocenters. The number of aromatic nitrogens is 1. The Morgan fingerprint density at radius 3 is 2.13 bits per heavy atom. The van der Waals surface area contributed by atoms with Gasteiger partial charge in [0.05, 0.1) is 32.4 Å². The Hall–Kier alpha value is -2.48. The largest absolute Gasteiger partial charge is 1.00 e. The van der Waals surface area contributed by atoms with E-state index in [-0.39, 0.29) is 67.8 Å². The number of urea groups is 1. The molecule has 1 fully saturated rings. The first kappa shape index (κ1) is 42.5. The number of nitrogens with one attached hydrogen (secondary N) is 1. The summed E-state index contributed by atoms with van der Waals surface area (Å²) in [5.74, 6) is -0.735. The molecule has 2 unspecified atom stereocenters. The lowest BCUT2D eigenvalue weighted by Crippen LogP contribution is -3.00. The maximum atomic E-state index is 12.8. The third kappa shape index (κ3) is 17.0. The molecule has 11 nitrogen and oxygen atoms in total. The van der Waals surface area contributed by atoms with Gasteiger partial charge in [0.15, 0.2) is 18.9 Å². The van der Waals surface area contributed by atoms with Crippen LogP contribution in [0.25, 0.3) is 0 Å². The molecule has 1 aromatic heterocycles. The van der Waals surface area contributed by atoms with Gasteiger partial charge >= 0.3 is 18.1 Å². The minimum absolute atomic E-state index is 0. The summed E-state index contributed by atoms with van der Waals surface area (Å²) in [6.07, 6.45) is 20.8. The molecule has 2 heterocycles. The molecule has 4 amide bonds. The number of pyridine rings is 1. The minimum Gasteiger partial charge on any atom is -1.00 e. The van der Waals surface area contributed by atoms with E-state index >= 15 is 0 Å². The van der Waals surface area contributed by atoms with Gasteiger partial charge in [0.1, 0.15) is 12.1 Å². The number of ether oxygens (including phenoxy) is 3. The second kappa shape index (κ2) is 25.5. The van der Waals surface area contributed by atoms with Gasteiger partial charge in [-0.1, -0.05) is 90.4 Å². The molecule has 0 saturated carbocycles. The molecular formula is C35H59IN4O7. The predicted molar refractivity (Wildman–Crippen MR) is 176 cm³/mol. The summed E-state index contributed by atoms with van der Waals surface area (Å²) >= 11 is 0. The lowest BCUT2D eigenvalue weighted by atomic mass is 10.0. The van der Waals surface area contributed by atoms with Crippen molar-refractivity contribution in [2.45, 2.75) is 129 Å². The number of carbonyl (C=O) groups excluding carboxylic acids is 4. The molecule has 0 aromatic carbocycles. The fourth-order valence-electron chi connectivity index (χ4n) is 5.69. The Labute approximate surface area is 299 Å². The normalized spacial score (nSPS) is 14.1. The molecule has 0 radical (unpaired) electrons. The van der Waals surface area contributed by atoms with Crippen molar-refractivity contribution >= 4 is 24.0 Å². The summed E-state index contributed by atoms with van der Waals surface area (Å²) in [7, 11) is 2.96. The van der Waals surface area contributed by atoms with E-state index < -0.39 is 12.1 Å². The number of halogens is 1. The van der Waals surface area contributed by atoms with Gasteiger partial charge in [-0.2, -0.15) is 0 Å². The topological polar surface area (TPSA) is 118 Å². The van der Waals surface area contributed by atoms with Crippen LogP contribution in [0.5, 0.6) is 0 Å². The molecule has 1 aliphatic heterocycles. The summed E-state index contributed by atoms with van der Waals surface area (Å²) in [4.78, 5) is 52.3. The number of alkyl carbamates (subject to hydrolysis) is 1. The second-order valence-electron chi connectivity index (χ2n) is 12.3. The van der Waals surface area contributed by atoms with E-state index in [0.717, 1.165) is 19.3 Å². The number of rotatable bonds is 25. The minimum atomic E-state index is -0.500. The van der Waals surface area contributed by atoms with Gasteiger partial charge in [0, 0.05) is 19.7 Å². The van der Waals surface area contributed by atoms with Gasteiger partial charge in [-0.05, 0) is 25.8 Å². The van der Waals surface area contributed by atoms with Crippen molar-refractivity contribution < 1.29 is 61.9 Å². The monoisotopic (exact) mass is 774 g/mol. The maximum absolute atomic E-state index is 12.8. The molecule has 0 bridgehead atoms. The van der Waals surface area contributed by atoms with Gasteiger partial charge in [0.25, 0.3) is 5.91 Å². The van der Waals surface area contributed by atoms with Crippen molar-refractivity contribution in [1.82, 2.24) is 15.1 Å². The van der Waals surface area contributed by atoms with Crippen LogP contribution in [0.2, 0.25) is 0 Å². The number of unbranched alkanes of at least 4 members (excludes halogenated alkanes) is 12. The first-order chi connectivity index (χ1) is 22.3. The number of imide groups is 1. The zero-order valence-corrected chi connectivity index (χ0v) is 31.3. The van der Waals surface area contributed by atoms with Gasteiger partial charge in [-0.15, -0.1) is 0 Å². The van der Waals surface area contributed by atoms with E-state index in [1.54, 1.807) is 36.2 Å². The van der Waals surface area contributed by atoms with Crippen LogP contribution < -0.4 is 33.9 Å². The molecule has 1 aliphatic rings. The first-order valence-electron chi connectivity index (χ1n) is 17.4. The molecule has 1 N–H and O–H groups in total. The van der Waals surface area contributed by atoms with Crippen molar-refractivity contribution in [2.24, 2.45) is 0 Å². The van der Waals surface area contributed by atoms with Gasteiger partial charge in [0.2, 0.25) is 0 Å². The summed E-state index contributed by atoms with van der Waals surface area (Å²) in [6, 6.07) is 2.84. The SMILES string of the molecule is CCCCCCCCCCCCCCCC(NC(=O)OCCCN1CC(=O)N(CC[n+]2cccc(C(=O)OC)c2)C1=O)C(C)OC.[I-]. The second-order valence-corrected chi connectivity index (χ2v) is 12.3. The number of hydrogen-bond acceptors (Lipinski definition) is 7. The zero-order valence-electron chi connectivity index (χ0n) is 29.2. The maximum Gasteiger partial charge on any atom is 0.407 e. The fourth-order valence-corrected chi connectivity index (χ4v) is 5.69. The number of nitrogens with zero attached hydrogens (tertiary/aromatic N) is 3. The van der Waals surface area contributed by atoms with Crippen LogP contribution in [0.3, 0.4) is 0 Å². The molecule has 0 aliphatic carbocycles. The van der Waals surface area contributed by atoms with Crippen LogP contribution in [0.1, 0.15) is 121 Å². The third-order valence-electron chi connectivity index (χ3n) is 8.66. The summed E-state index contributed by atoms with van der Waals surface area (Å²) in [5, 5.41) is 2.95. The number of esters is 1. The van der Waals surface area contributed by atoms with Gasteiger partial charge < -0.3 is 48.4 Å². The Morgan fingerprint density at radius 2 is 1.53 bits per heavy atom. The number of hydrogen-bond donors (Lipinski definition) is 1. The summed E-state index contributed by atoms with van der Waals surface area (Å²) in [6.45, 7) is 5.16. The zero-order chi connectivity index (χ0) is 33.6. The van der Waals surface area contributed by atoms with Gasteiger partial charge in [-0.25, -0.2) is 19.0 Å². The van der Waals surface area contributed by atoms with Crippen molar-refractivity contribution in [1.29, 1.82) is 0 Å². The Kier molecular flexibility index (Phi) is 23.1. The van der Waals surface area contributed by atoms with E-state index in [2.05, 4.69) is 12.2 Å². The molecule has 12 heteroatoms. The molecule has 2 rings (SSSR count). The number of carbonyl (C=O) groups is 4. The molecule has 47 heavy (non-hydrogen) atoms. The number of amides is 4. The van der Waals surface area contributed by atoms with Crippen LogP contribution >= 0.6 is 0 Å². The standard InChI is InChI=1S/C35H58N4O7.HI/c1-5-6-7-8-9-10-11-12-13-14-15-16-17-21-31(29(2)44-3)36-34(42)46-26-19-23-38-28-32(40)39(35(38)43)25-24-37-22-18-20-30(27-37)33(41)45-4;/h18,20,22,27,29,31H,5-17,19,21,23-26,28H2,1-4H3;1H. The van der Waals surface area contributed by atoms with Gasteiger partial charge in [-0.3, -0.25) is 9.69 Å². The quantitative estimate of drug-likeness (QED) is 0.0534. The van der Waals surface area contributed by atoms with Crippen molar-refractivity contribution in [3.63, 3.8) is 0 Å². The van der Waals surface area contributed by atoms with Crippen LogP contribution in [0, 0.1) is 0 Å². The van der Waals surface area contributed by atoms with Crippen LogP contribution in [-0.4, -0.2) is 86.4 Å². The Bertz CT molecular complexity index is 1060. The molecular weight excluding hydrogens is 715 g/mol. The Morgan fingerprint density at radius 1 is 0.915 bits per heavy atom. The number of methoxy groups -OCH3 is 2. The van der Waals surface area contributed by atoms with Crippen LogP contribution in [-0.2, 0) is 25.5 Å². The molecule has 1 saturated heterocycles. The van der Waals surface area contributed by atoms with Crippen molar-refractivity contribution in [3.8, 4) is 0 Å². The van der Waals surface area contributed by atoms with Crippen molar-refractivity contribution in [2.75, 3.05) is 40.5 Å². The highest BCUT2D eigenvalue weighted by Crippen LogP contribution is 2.15. The summed E-state index contributed by atoms with van der Waals surface area (Å²) < 4.78 is 17.4. The predicted octanol–water partition coefficient (Wildman–Crippen LogP) is 3.03. The van der Waals surface area contributed by atoms with E-state index in [9.17, 15) is 19.2 Å². The average molecular weight is 775 g/mol. The Balaban J connectivity index is 0.0000110. The highest BCUT2D eigenvalue weighted by atomic mass is 127. The fraction of sp³-hybridized carbons (Fsp3) is 0.743. The van der Waals surface area contributed by atoms with E-state index in [1.807, 2.05) is 6.92 Å². The summed E-state index contributed by atoms with van der Waals surface area (Å²) in [5.41, 5.74) is 0.386. The van der Waals surface area contributed by atoms with Crippen LogP contribution in [0.4, 0.5) is 9.59 Å². The van der Waals surface area contributed by atoms with E-state index in [4.69, 9.17) is 14.2 Å². The van der Waals surface area contributed by atoms with E-state index in [1.165, 1.54) is 87.5 Å². The first-order valence-corrected chi connectivity index (χ1v) is 17.4.